The van der Waals surface area contributed by atoms with E-state index in [4.69, 9.17) is 4.42 Å². The molecule has 8 nitrogen and oxygen atoms in total. The zero-order valence-corrected chi connectivity index (χ0v) is 16.2. The highest BCUT2D eigenvalue weighted by molar-refractivity contribution is 7.17. The molecule has 4 rings (SSSR count). The fourth-order valence-corrected chi connectivity index (χ4v) is 4.26. The highest BCUT2D eigenvalue weighted by Gasteiger charge is 2.31. The summed E-state index contributed by atoms with van der Waals surface area (Å²) in [4.78, 5) is 47.9. The number of rotatable bonds is 4. The predicted octanol–water partition coefficient (Wildman–Crippen LogP) is 2.09. The van der Waals surface area contributed by atoms with Gasteiger partial charge in [0.1, 0.15) is 10.5 Å². The molecule has 1 aliphatic heterocycles. The lowest BCUT2D eigenvalue weighted by molar-refractivity contribution is -0.136. The third kappa shape index (κ3) is 3.57. The van der Waals surface area contributed by atoms with Crippen molar-refractivity contribution in [2.75, 3.05) is 20.1 Å². The van der Waals surface area contributed by atoms with Gasteiger partial charge in [-0.05, 0) is 36.4 Å². The fourth-order valence-electron chi connectivity index (χ4n) is 3.53. The standard InChI is InChI=1S/C19H20N4O4S/c1-22(11-15-20-13-6-9-28-16(13)17(24)21-15)18(25)12-4-2-7-23(10-12)19(26)14-5-3-8-27-14/h3,5-6,8-9,12H,2,4,7,10-11H2,1H3,(H,20,21,24)/t12-/m0/s1. The van der Waals surface area contributed by atoms with Gasteiger partial charge in [-0.3, -0.25) is 14.4 Å². The number of piperidine rings is 1. The van der Waals surface area contributed by atoms with Crippen molar-refractivity contribution < 1.29 is 14.0 Å². The van der Waals surface area contributed by atoms with Crippen molar-refractivity contribution in [3.8, 4) is 0 Å². The van der Waals surface area contributed by atoms with Gasteiger partial charge in [0.25, 0.3) is 11.5 Å². The summed E-state index contributed by atoms with van der Waals surface area (Å²) in [5, 5.41) is 1.82. The van der Waals surface area contributed by atoms with Crippen LogP contribution in [0.2, 0.25) is 0 Å². The number of aromatic nitrogens is 2. The molecule has 1 atom stereocenters. The number of H-pyrrole nitrogens is 1. The van der Waals surface area contributed by atoms with Crippen molar-refractivity contribution in [2.24, 2.45) is 5.92 Å². The minimum Gasteiger partial charge on any atom is -0.459 e. The highest BCUT2D eigenvalue weighted by atomic mass is 32.1. The van der Waals surface area contributed by atoms with Crippen LogP contribution in [0.5, 0.6) is 0 Å². The lowest BCUT2D eigenvalue weighted by Crippen LogP contribution is -2.45. The van der Waals surface area contributed by atoms with Crippen molar-refractivity contribution in [3.63, 3.8) is 0 Å². The molecular weight excluding hydrogens is 380 g/mol. The topological polar surface area (TPSA) is 99.5 Å². The number of fused-ring (bicyclic) bond motifs is 1. The molecule has 0 aromatic carbocycles. The molecule has 0 spiro atoms. The van der Waals surface area contributed by atoms with Gasteiger partial charge < -0.3 is 19.2 Å². The number of hydrogen-bond acceptors (Lipinski definition) is 6. The molecular formula is C19H20N4O4S. The Morgan fingerprint density at radius 2 is 2.29 bits per heavy atom. The molecule has 0 radical (unpaired) electrons. The van der Waals surface area contributed by atoms with Gasteiger partial charge in [-0.15, -0.1) is 11.3 Å². The van der Waals surface area contributed by atoms with Gasteiger partial charge in [-0.2, -0.15) is 0 Å². The van der Waals surface area contributed by atoms with E-state index in [0.717, 1.165) is 12.8 Å². The second-order valence-corrected chi connectivity index (χ2v) is 7.83. The van der Waals surface area contributed by atoms with Crippen LogP contribution in [0, 0.1) is 5.92 Å². The first kappa shape index (κ1) is 18.4. The van der Waals surface area contributed by atoms with Crippen LogP contribution in [-0.4, -0.2) is 51.7 Å². The molecule has 2 amide bonds. The van der Waals surface area contributed by atoms with Gasteiger partial charge in [-0.1, -0.05) is 0 Å². The van der Waals surface area contributed by atoms with E-state index in [1.807, 2.05) is 5.38 Å². The maximum Gasteiger partial charge on any atom is 0.289 e. The van der Waals surface area contributed by atoms with Crippen molar-refractivity contribution in [1.29, 1.82) is 0 Å². The summed E-state index contributed by atoms with van der Waals surface area (Å²) >= 11 is 1.34. The molecule has 1 N–H and O–H groups in total. The van der Waals surface area contributed by atoms with E-state index >= 15 is 0 Å². The Balaban J connectivity index is 1.44. The Morgan fingerprint density at radius 1 is 1.43 bits per heavy atom. The van der Waals surface area contributed by atoms with Crippen LogP contribution in [0.3, 0.4) is 0 Å². The first-order valence-electron chi connectivity index (χ1n) is 9.07. The Hall–Kier alpha value is -2.94. The van der Waals surface area contributed by atoms with E-state index in [2.05, 4.69) is 9.97 Å². The summed E-state index contributed by atoms with van der Waals surface area (Å²) < 4.78 is 5.76. The summed E-state index contributed by atoms with van der Waals surface area (Å²) in [6.45, 7) is 1.18. The average molecular weight is 400 g/mol. The molecule has 0 saturated carbocycles. The molecule has 0 aliphatic carbocycles. The molecule has 1 aliphatic rings. The number of nitrogens with zero attached hydrogens (tertiary/aromatic N) is 3. The van der Waals surface area contributed by atoms with Gasteiger partial charge >= 0.3 is 0 Å². The second-order valence-electron chi connectivity index (χ2n) is 6.91. The number of likely N-dealkylation sites (tertiary alicyclic amines) is 1. The molecule has 1 saturated heterocycles. The number of amides is 2. The summed E-state index contributed by atoms with van der Waals surface area (Å²) in [6, 6.07) is 5.09. The number of aromatic amines is 1. The molecule has 28 heavy (non-hydrogen) atoms. The molecule has 1 fully saturated rings. The summed E-state index contributed by atoms with van der Waals surface area (Å²) in [6.07, 6.45) is 2.94. The normalized spacial score (nSPS) is 17.0. The van der Waals surface area contributed by atoms with Gasteiger partial charge in [0.05, 0.1) is 24.2 Å². The fraction of sp³-hybridized carbons (Fsp3) is 0.368. The van der Waals surface area contributed by atoms with Crippen LogP contribution in [0.4, 0.5) is 0 Å². The predicted molar refractivity (Wildman–Crippen MR) is 104 cm³/mol. The van der Waals surface area contributed by atoms with Crippen LogP contribution in [-0.2, 0) is 11.3 Å². The van der Waals surface area contributed by atoms with E-state index in [1.54, 1.807) is 35.0 Å². The number of thiophene rings is 1. The van der Waals surface area contributed by atoms with Crippen molar-refractivity contribution >= 4 is 33.4 Å². The van der Waals surface area contributed by atoms with Crippen LogP contribution in [0.25, 0.3) is 10.2 Å². The second kappa shape index (κ2) is 7.59. The quantitative estimate of drug-likeness (QED) is 0.723. The zero-order valence-electron chi connectivity index (χ0n) is 15.4. The minimum absolute atomic E-state index is 0.0648. The number of carbonyl (C=O) groups is 2. The van der Waals surface area contributed by atoms with Gasteiger partial charge in [0.2, 0.25) is 5.91 Å². The van der Waals surface area contributed by atoms with Gasteiger partial charge in [-0.25, -0.2) is 4.98 Å². The average Bonchev–Trinajstić information content (AvgIpc) is 3.39. The first-order valence-corrected chi connectivity index (χ1v) is 9.95. The van der Waals surface area contributed by atoms with Crippen molar-refractivity contribution in [2.45, 2.75) is 19.4 Å². The summed E-state index contributed by atoms with van der Waals surface area (Å²) in [7, 11) is 1.69. The SMILES string of the molecule is CN(Cc1nc2ccsc2c(=O)[nH]1)C(=O)[C@H]1CCCN(C(=O)c2ccco2)C1. The van der Waals surface area contributed by atoms with E-state index in [9.17, 15) is 14.4 Å². The van der Waals surface area contributed by atoms with Crippen molar-refractivity contribution in [3.05, 3.63) is 51.8 Å². The zero-order chi connectivity index (χ0) is 19.7. The van der Waals surface area contributed by atoms with Crippen molar-refractivity contribution in [1.82, 2.24) is 19.8 Å². The Kier molecular flexibility index (Phi) is 4.99. The Bertz CT molecular complexity index is 1060. The third-order valence-corrected chi connectivity index (χ3v) is 5.82. The minimum atomic E-state index is -0.283. The highest BCUT2D eigenvalue weighted by Crippen LogP contribution is 2.21. The molecule has 4 heterocycles. The monoisotopic (exact) mass is 400 g/mol. The van der Waals surface area contributed by atoms with E-state index in [-0.39, 0.29) is 35.6 Å². The number of hydrogen-bond donors (Lipinski definition) is 1. The van der Waals surface area contributed by atoms with Gasteiger partial charge in [0.15, 0.2) is 5.76 Å². The smallest absolute Gasteiger partial charge is 0.289 e. The maximum atomic E-state index is 12.9. The van der Waals surface area contributed by atoms with E-state index in [1.165, 1.54) is 17.6 Å². The molecule has 146 valence electrons. The van der Waals surface area contributed by atoms with E-state index in [0.29, 0.717) is 29.1 Å². The molecule has 3 aromatic rings. The van der Waals surface area contributed by atoms with Crippen LogP contribution in [0.15, 0.2) is 39.1 Å². The van der Waals surface area contributed by atoms with E-state index < -0.39 is 0 Å². The molecule has 0 unspecified atom stereocenters. The number of carbonyl (C=O) groups excluding carboxylic acids is 2. The third-order valence-electron chi connectivity index (χ3n) is 4.92. The largest absolute Gasteiger partial charge is 0.459 e. The Morgan fingerprint density at radius 3 is 3.07 bits per heavy atom. The van der Waals surface area contributed by atoms with Gasteiger partial charge in [0, 0.05) is 20.1 Å². The number of furan rings is 1. The molecule has 0 bridgehead atoms. The lowest BCUT2D eigenvalue weighted by Gasteiger charge is -2.33. The Labute approximate surface area is 164 Å². The summed E-state index contributed by atoms with van der Waals surface area (Å²) in [5.74, 6) is 0.191. The lowest BCUT2D eigenvalue weighted by atomic mass is 9.96. The van der Waals surface area contributed by atoms with Crippen LogP contribution < -0.4 is 5.56 Å². The number of nitrogens with one attached hydrogen (secondary N) is 1. The molecule has 9 heteroatoms. The van der Waals surface area contributed by atoms with Crippen LogP contribution in [0.1, 0.15) is 29.2 Å². The maximum absolute atomic E-state index is 12.9. The molecule has 3 aromatic heterocycles. The summed E-state index contributed by atoms with van der Waals surface area (Å²) in [5.41, 5.74) is 0.446. The van der Waals surface area contributed by atoms with Crippen LogP contribution >= 0.6 is 11.3 Å². The first-order chi connectivity index (χ1) is 13.5.